The van der Waals surface area contributed by atoms with Gasteiger partial charge in [-0.3, -0.25) is 10.1 Å². The normalized spacial score (nSPS) is 20.0. The molecule has 1 aromatic heterocycles. The third-order valence-corrected chi connectivity index (χ3v) is 3.41. The molecule has 1 N–H and O–H groups in total. The van der Waals surface area contributed by atoms with Crippen LogP contribution in [0.15, 0.2) is 6.33 Å². The fourth-order valence-corrected chi connectivity index (χ4v) is 2.30. The molecule has 0 bridgehead atoms. The van der Waals surface area contributed by atoms with Crippen molar-refractivity contribution in [1.82, 2.24) is 14.9 Å². The minimum atomic E-state index is -0.566. The Morgan fingerprint density at radius 3 is 3.06 bits per heavy atom. The summed E-state index contributed by atoms with van der Waals surface area (Å²) in [6.45, 7) is 1.67. The highest BCUT2D eigenvalue weighted by atomic mass is 35.5. The Morgan fingerprint density at radius 2 is 2.44 bits per heavy atom. The molecular formula is C10H14ClN5O2. The number of likely N-dealkylation sites (tertiary alicyclic amines) is 1. The molecule has 1 atom stereocenters. The van der Waals surface area contributed by atoms with E-state index in [0.717, 1.165) is 19.4 Å². The second-order valence-electron chi connectivity index (χ2n) is 4.28. The number of aromatic nitrogens is 2. The Bertz CT molecular complexity index is 456. The lowest BCUT2D eigenvalue weighted by molar-refractivity contribution is -0.384. The lowest BCUT2D eigenvalue weighted by Crippen LogP contribution is -2.31. The minimum absolute atomic E-state index is 0.141. The highest BCUT2D eigenvalue weighted by Crippen LogP contribution is 2.28. The summed E-state index contributed by atoms with van der Waals surface area (Å²) in [5.74, 6) is 0.181. The van der Waals surface area contributed by atoms with Gasteiger partial charge in [0.05, 0.1) is 4.92 Å². The van der Waals surface area contributed by atoms with Crippen molar-refractivity contribution in [2.24, 2.45) is 0 Å². The number of nitrogens with one attached hydrogen (secondary N) is 1. The molecule has 0 saturated carbocycles. The van der Waals surface area contributed by atoms with E-state index in [1.807, 2.05) is 7.05 Å². The number of likely N-dealkylation sites (N-methyl/N-ethyl adjacent to an activating group) is 1. The summed E-state index contributed by atoms with van der Waals surface area (Å²) in [5.41, 5.74) is -0.264. The summed E-state index contributed by atoms with van der Waals surface area (Å²) in [6, 6.07) is 0.373. The van der Waals surface area contributed by atoms with E-state index in [9.17, 15) is 10.1 Å². The second-order valence-corrected chi connectivity index (χ2v) is 4.63. The topological polar surface area (TPSA) is 84.2 Å². The maximum atomic E-state index is 10.9. The van der Waals surface area contributed by atoms with E-state index >= 15 is 0 Å². The first kappa shape index (κ1) is 13.0. The molecule has 1 aromatic rings. The molecule has 1 saturated heterocycles. The molecule has 1 unspecified atom stereocenters. The van der Waals surface area contributed by atoms with E-state index in [0.29, 0.717) is 12.6 Å². The Kier molecular flexibility index (Phi) is 3.93. The lowest BCUT2D eigenvalue weighted by atomic mass is 10.2. The van der Waals surface area contributed by atoms with Gasteiger partial charge in [-0.05, 0) is 26.4 Å². The summed E-state index contributed by atoms with van der Waals surface area (Å²) in [6.07, 6.45) is 3.45. The number of hydrogen-bond donors (Lipinski definition) is 1. The smallest absolute Gasteiger partial charge is 0.348 e. The Hall–Kier alpha value is -1.47. The molecule has 7 nitrogen and oxygen atoms in total. The van der Waals surface area contributed by atoms with Crippen LogP contribution in [-0.2, 0) is 0 Å². The number of nitrogens with zero attached hydrogens (tertiary/aromatic N) is 4. The first-order valence-electron chi connectivity index (χ1n) is 5.68. The molecular weight excluding hydrogens is 258 g/mol. The van der Waals surface area contributed by atoms with E-state index < -0.39 is 4.92 Å². The van der Waals surface area contributed by atoms with Crippen molar-refractivity contribution in [2.45, 2.75) is 18.9 Å². The van der Waals surface area contributed by atoms with Gasteiger partial charge in [-0.2, -0.15) is 0 Å². The van der Waals surface area contributed by atoms with Gasteiger partial charge in [0.15, 0.2) is 0 Å². The largest absolute Gasteiger partial charge is 0.363 e. The highest BCUT2D eigenvalue weighted by Gasteiger charge is 2.24. The maximum absolute atomic E-state index is 10.9. The molecule has 0 spiro atoms. The van der Waals surface area contributed by atoms with Gasteiger partial charge in [-0.15, -0.1) is 0 Å². The first-order valence-corrected chi connectivity index (χ1v) is 6.06. The van der Waals surface area contributed by atoms with Crippen LogP contribution in [0.4, 0.5) is 11.5 Å². The van der Waals surface area contributed by atoms with Crippen LogP contribution in [0.2, 0.25) is 5.15 Å². The van der Waals surface area contributed by atoms with Gasteiger partial charge in [-0.1, -0.05) is 11.6 Å². The van der Waals surface area contributed by atoms with Gasteiger partial charge in [0.25, 0.3) is 0 Å². The average molecular weight is 272 g/mol. The van der Waals surface area contributed by atoms with Crippen LogP contribution in [0, 0.1) is 10.1 Å². The van der Waals surface area contributed by atoms with Gasteiger partial charge >= 0.3 is 5.69 Å². The fraction of sp³-hybridized carbons (Fsp3) is 0.600. The van der Waals surface area contributed by atoms with Crippen LogP contribution in [-0.4, -0.2) is 46.0 Å². The molecule has 0 aromatic carbocycles. The molecule has 98 valence electrons. The Morgan fingerprint density at radius 1 is 1.67 bits per heavy atom. The number of anilines is 1. The van der Waals surface area contributed by atoms with Crippen molar-refractivity contribution in [3.8, 4) is 0 Å². The number of rotatable bonds is 4. The second kappa shape index (κ2) is 5.45. The molecule has 18 heavy (non-hydrogen) atoms. The van der Waals surface area contributed by atoms with Crippen molar-refractivity contribution in [3.05, 3.63) is 21.6 Å². The van der Waals surface area contributed by atoms with Crippen LogP contribution in [0.25, 0.3) is 0 Å². The van der Waals surface area contributed by atoms with Crippen LogP contribution in [0.5, 0.6) is 0 Å². The molecule has 2 heterocycles. The summed E-state index contributed by atoms with van der Waals surface area (Å²) >= 11 is 5.71. The molecule has 0 amide bonds. The van der Waals surface area contributed by atoms with Crippen molar-refractivity contribution >= 4 is 23.1 Å². The first-order chi connectivity index (χ1) is 8.59. The fourth-order valence-electron chi connectivity index (χ4n) is 2.10. The third-order valence-electron chi connectivity index (χ3n) is 3.14. The summed E-state index contributed by atoms with van der Waals surface area (Å²) in [4.78, 5) is 20.0. The monoisotopic (exact) mass is 271 g/mol. The Balaban J connectivity index is 2.09. The van der Waals surface area contributed by atoms with Crippen LogP contribution < -0.4 is 5.32 Å². The molecule has 0 radical (unpaired) electrons. The Labute approximate surface area is 109 Å². The highest BCUT2D eigenvalue weighted by molar-refractivity contribution is 6.31. The predicted octanol–water partition coefficient (Wildman–Crippen LogP) is 1.54. The van der Waals surface area contributed by atoms with Crippen LogP contribution >= 0.6 is 11.6 Å². The van der Waals surface area contributed by atoms with Crippen molar-refractivity contribution < 1.29 is 4.92 Å². The number of hydrogen-bond acceptors (Lipinski definition) is 6. The average Bonchev–Trinajstić information content (AvgIpc) is 2.71. The van der Waals surface area contributed by atoms with Crippen molar-refractivity contribution in [3.63, 3.8) is 0 Å². The van der Waals surface area contributed by atoms with Crippen LogP contribution in [0.3, 0.4) is 0 Å². The minimum Gasteiger partial charge on any atom is -0.363 e. The zero-order valence-corrected chi connectivity index (χ0v) is 10.7. The van der Waals surface area contributed by atoms with E-state index in [1.165, 1.54) is 6.33 Å². The number of halogens is 1. The quantitative estimate of drug-likeness (QED) is 0.508. The van der Waals surface area contributed by atoms with E-state index in [4.69, 9.17) is 11.6 Å². The molecule has 8 heteroatoms. The summed E-state index contributed by atoms with van der Waals surface area (Å²) in [7, 11) is 2.04. The lowest BCUT2D eigenvalue weighted by Gasteiger charge is -2.19. The zero-order valence-electron chi connectivity index (χ0n) is 9.97. The SMILES string of the molecule is CN1CCCC1CNc1ncnc(Cl)c1[N+](=O)[O-]. The molecule has 2 rings (SSSR count). The standard InChI is InChI=1S/C10H14ClN5O2/c1-15-4-2-3-7(15)5-12-10-8(16(17)18)9(11)13-6-14-10/h6-7H,2-5H2,1H3,(H,12,13,14). The van der Waals surface area contributed by atoms with Gasteiger partial charge in [0.2, 0.25) is 11.0 Å². The van der Waals surface area contributed by atoms with E-state index in [2.05, 4.69) is 20.2 Å². The third kappa shape index (κ3) is 2.68. The van der Waals surface area contributed by atoms with Gasteiger partial charge in [0.1, 0.15) is 6.33 Å². The summed E-state index contributed by atoms with van der Waals surface area (Å²) < 4.78 is 0. The van der Waals surface area contributed by atoms with Gasteiger partial charge in [0, 0.05) is 12.6 Å². The van der Waals surface area contributed by atoms with Crippen molar-refractivity contribution in [2.75, 3.05) is 25.5 Å². The molecule has 0 aliphatic carbocycles. The zero-order chi connectivity index (χ0) is 13.1. The van der Waals surface area contributed by atoms with E-state index in [1.54, 1.807) is 0 Å². The predicted molar refractivity (Wildman–Crippen MR) is 67.8 cm³/mol. The summed E-state index contributed by atoms with van der Waals surface area (Å²) in [5, 5.41) is 13.7. The maximum Gasteiger partial charge on any atom is 0.348 e. The van der Waals surface area contributed by atoms with Gasteiger partial charge in [-0.25, -0.2) is 9.97 Å². The van der Waals surface area contributed by atoms with Crippen LogP contribution in [0.1, 0.15) is 12.8 Å². The molecule has 1 aliphatic rings. The van der Waals surface area contributed by atoms with Gasteiger partial charge < -0.3 is 10.2 Å². The van der Waals surface area contributed by atoms with E-state index in [-0.39, 0.29) is 16.7 Å². The molecule has 1 aliphatic heterocycles. The number of nitro groups is 1. The molecule has 1 fully saturated rings. The van der Waals surface area contributed by atoms with Crippen molar-refractivity contribution in [1.29, 1.82) is 0 Å².